The van der Waals surface area contributed by atoms with Gasteiger partial charge in [0, 0.05) is 4.88 Å². The van der Waals surface area contributed by atoms with Gasteiger partial charge in [-0.1, -0.05) is 6.07 Å². The highest BCUT2D eigenvalue weighted by Gasteiger charge is 2.27. The van der Waals surface area contributed by atoms with Gasteiger partial charge in [-0.15, -0.1) is 11.3 Å². The molecule has 0 aliphatic rings. The van der Waals surface area contributed by atoms with Gasteiger partial charge in [0.05, 0.1) is 24.2 Å². The first-order valence-corrected chi connectivity index (χ1v) is 10.9. The minimum Gasteiger partial charge on any atom is -0.497 e. The summed E-state index contributed by atoms with van der Waals surface area (Å²) in [5.41, 5.74) is 0.293. The Bertz CT molecular complexity index is 1050. The second-order valence-electron chi connectivity index (χ2n) is 6.02. The van der Waals surface area contributed by atoms with Crippen LogP contribution in [-0.2, 0) is 21.4 Å². The maximum Gasteiger partial charge on any atom is 0.264 e. The summed E-state index contributed by atoms with van der Waals surface area (Å²) >= 11 is 1.49. The third kappa shape index (κ3) is 5.12. The van der Waals surface area contributed by atoms with E-state index < -0.39 is 28.3 Å². The van der Waals surface area contributed by atoms with Crippen molar-refractivity contribution in [2.45, 2.75) is 11.4 Å². The van der Waals surface area contributed by atoms with Gasteiger partial charge in [-0.3, -0.25) is 9.10 Å². The predicted molar refractivity (Wildman–Crippen MR) is 110 cm³/mol. The van der Waals surface area contributed by atoms with Crippen molar-refractivity contribution in [3.63, 3.8) is 0 Å². The second-order valence-corrected chi connectivity index (χ2v) is 8.91. The lowest BCUT2D eigenvalue weighted by atomic mass is 10.3. The van der Waals surface area contributed by atoms with E-state index in [4.69, 9.17) is 4.74 Å². The summed E-state index contributed by atoms with van der Waals surface area (Å²) in [7, 11) is -2.59. The number of benzene rings is 2. The van der Waals surface area contributed by atoms with Gasteiger partial charge in [-0.2, -0.15) is 0 Å². The molecule has 3 rings (SSSR count). The van der Waals surface area contributed by atoms with Gasteiger partial charge in [0.15, 0.2) is 0 Å². The predicted octanol–water partition coefficient (Wildman–Crippen LogP) is 3.41. The van der Waals surface area contributed by atoms with E-state index in [2.05, 4.69) is 5.32 Å². The van der Waals surface area contributed by atoms with Crippen molar-refractivity contribution in [1.29, 1.82) is 0 Å². The molecule has 6 nitrogen and oxygen atoms in total. The summed E-state index contributed by atoms with van der Waals surface area (Å²) in [5.74, 6) is -0.455. The van der Waals surface area contributed by atoms with Crippen LogP contribution in [0.25, 0.3) is 0 Å². The molecule has 0 saturated carbocycles. The van der Waals surface area contributed by atoms with Crippen LogP contribution in [0.5, 0.6) is 5.75 Å². The van der Waals surface area contributed by atoms with Crippen LogP contribution in [0.15, 0.2) is 70.9 Å². The first-order chi connectivity index (χ1) is 13.9. The lowest BCUT2D eigenvalue weighted by Crippen LogP contribution is -2.40. The molecule has 2 aromatic carbocycles. The van der Waals surface area contributed by atoms with Crippen LogP contribution in [0, 0.1) is 5.82 Å². The van der Waals surface area contributed by atoms with Gasteiger partial charge < -0.3 is 10.1 Å². The van der Waals surface area contributed by atoms with Crippen LogP contribution in [0.4, 0.5) is 10.1 Å². The molecule has 152 valence electrons. The van der Waals surface area contributed by atoms with Crippen molar-refractivity contribution in [2.75, 3.05) is 18.0 Å². The van der Waals surface area contributed by atoms with Gasteiger partial charge in [-0.25, -0.2) is 12.8 Å². The average molecular weight is 435 g/mol. The van der Waals surface area contributed by atoms with E-state index in [1.807, 2.05) is 17.5 Å². The average Bonchev–Trinajstić information content (AvgIpc) is 3.24. The lowest BCUT2D eigenvalue weighted by Gasteiger charge is -2.24. The van der Waals surface area contributed by atoms with Gasteiger partial charge >= 0.3 is 0 Å². The number of amides is 1. The molecule has 1 amide bonds. The molecular weight excluding hydrogens is 415 g/mol. The molecule has 0 bridgehead atoms. The van der Waals surface area contributed by atoms with Crippen LogP contribution in [0.2, 0.25) is 0 Å². The number of nitrogens with zero attached hydrogens (tertiary/aromatic N) is 1. The molecule has 1 heterocycles. The fourth-order valence-electron chi connectivity index (χ4n) is 2.58. The molecule has 0 fully saturated rings. The number of carbonyl (C=O) groups excluding carboxylic acids is 1. The zero-order chi connectivity index (χ0) is 20.9. The zero-order valence-electron chi connectivity index (χ0n) is 15.5. The molecule has 1 aromatic heterocycles. The maximum absolute atomic E-state index is 13.2. The number of nitrogens with one attached hydrogen (secondary N) is 1. The highest BCUT2D eigenvalue weighted by atomic mass is 32.2. The topological polar surface area (TPSA) is 75.7 Å². The molecule has 9 heteroatoms. The van der Waals surface area contributed by atoms with Crippen LogP contribution in [0.3, 0.4) is 0 Å². The molecule has 0 aliphatic heterocycles. The number of hydrogen-bond acceptors (Lipinski definition) is 5. The minimum absolute atomic E-state index is 0.110. The smallest absolute Gasteiger partial charge is 0.264 e. The Morgan fingerprint density at radius 1 is 1.10 bits per heavy atom. The third-order valence-electron chi connectivity index (χ3n) is 4.09. The Balaban J connectivity index is 1.88. The van der Waals surface area contributed by atoms with E-state index in [1.54, 1.807) is 24.3 Å². The monoisotopic (exact) mass is 434 g/mol. The molecule has 3 aromatic rings. The van der Waals surface area contributed by atoms with E-state index in [0.717, 1.165) is 21.3 Å². The summed E-state index contributed by atoms with van der Waals surface area (Å²) in [6.45, 7) is -0.110. The Kier molecular flexibility index (Phi) is 6.50. The normalized spacial score (nSPS) is 11.1. The third-order valence-corrected chi connectivity index (χ3v) is 6.75. The first-order valence-electron chi connectivity index (χ1n) is 8.61. The SMILES string of the molecule is COc1ccc(N(CC(=O)NCc2cccs2)S(=O)(=O)c2ccc(F)cc2)cc1. The number of sulfonamides is 1. The van der Waals surface area contributed by atoms with Gasteiger partial charge in [-0.05, 0) is 60.0 Å². The molecule has 0 aliphatic carbocycles. The van der Waals surface area contributed by atoms with E-state index in [-0.39, 0.29) is 4.90 Å². The number of hydrogen-bond donors (Lipinski definition) is 1. The van der Waals surface area contributed by atoms with Crippen molar-refractivity contribution in [3.05, 3.63) is 76.7 Å². The summed E-state index contributed by atoms with van der Waals surface area (Å²) in [4.78, 5) is 13.3. The van der Waals surface area contributed by atoms with E-state index in [0.29, 0.717) is 18.0 Å². The number of anilines is 1. The molecule has 0 saturated heterocycles. The first kappa shape index (κ1) is 20.8. The Labute approximate surface area is 172 Å². The largest absolute Gasteiger partial charge is 0.497 e. The standard InChI is InChI=1S/C20H19FN2O4S2/c1-27-17-8-6-16(7-9-17)23(14-20(24)22-13-18-3-2-12-28-18)29(25,26)19-10-4-15(21)5-11-19/h2-12H,13-14H2,1H3,(H,22,24). The van der Waals surface area contributed by atoms with Crippen LogP contribution in [-0.4, -0.2) is 28.0 Å². The van der Waals surface area contributed by atoms with Crippen molar-refractivity contribution in [1.82, 2.24) is 5.32 Å². The van der Waals surface area contributed by atoms with E-state index in [1.165, 1.54) is 30.6 Å². The van der Waals surface area contributed by atoms with Crippen molar-refractivity contribution < 1.29 is 22.3 Å². The molecule has 0 radical (unpaired) electrons. The Morgan fingerprint density at radius 3 is 2.38 bits per heavy atom. The Morgan fingerprint density at radius 2 is 1.79 bits per heavy atom. The fourth-order valence-corrected chi connectivity index (χ4v) is 4.65. The van der Waals surface area contributed by atoms with Crippen LogP contribution < -0.4 is 14.4 Å². The summed E-state index contributed by atoms with van der Waals surface area (Å²) in [5, 5.41) is 4.61. The highest BCUT2D eigenvalue weighted by Crippen LogP contribution is 2.26. The fraction of sp³-hybridized carbons (Fsp3) is 0.150. The molecule has 0 spiro atoms. The number of rotatable bonds is 8. The quantitative estimate of drug-likeness (QED) is 0.590. The van der Waals surface area contributed by atoms with Gasteiger partial charge in [0.1, 0.15) is 18.1 Å². The molecule has 29 heavy (non-hydrogen) atoms. The zero-order valence-corrected chi connectivity index (χ0v) is 17.2. The van der Waals surface area contributed by atoms with E-state index >= 15 is 0 Å². The summed E-state index contributed by atoms with van der Waals surface area (Å²) in [6.07, 6.45) is 0. The van der Waals surface area contributed by atoms with E-state index in [9.17, 15) is 17.6 Å². The number of thiophene rings is 1. The van der Waals surface area contributed by atoms with Crippen LogP contribution >= 0.6 is 11.3 Å². The summed E-state index contributed by atoms with van der Waals surface area (Å²) < 4.78 is 45.7. The van der Waals surface area contributed by atoms with Crippen molar-refractivity contribution in [3.8, 4) is 5.75 Å². The molecule has 0 atom stereocenters. The molecular formula is C20H19FN2O4S2. The second kappa shape index (κ2) is 9.06. The maximum atomic E-state index is 13.2. The van der Waals surface area contributed by atoms with Gasteiger partial charge in [0.25, 0.3) is 10.0 Å². The van der Waals surface area contributed by atoms with Crippen molar-refractivity contribution in [2.24, 2.45) is 0 Å². The Hall–Kier alpha value is -2.91. The molecule has 0 unspecified atom stereocenters. The van der Waals surface area contributed by atoms with Gasteiger partial charge in [0.2, 0.25) is 5.91 Å². The van der Waals surface area contributed by atoms with Crippen LogP contribution in [0.1, 0.15) is 4.88 Å². The summed E-state index contributed by atoms with van der Waals surface area (Å²) in [6, 6.07) is 14.5. The number of ether oxygens (including phenoxy) is 1. The number of halogens is 1. The van der Waals surface area contributed by atoms with Crippen molar-refractivity contribution >= 4 is 33.0 Å². The minimum atomic E-state index is -4.09. The number of methoxy groups -OCH3 is 1. The number of carbonyl (C=O) groups is 1. The molecule has 1 N–H and O–H groups in total. The highest BCUT2D eigenvalue weighted by molar-refractivity contribution is 7.92. The lowest BCUT2D eigenvalue weighted by molar-refractivity contribution is -0.119.